The first-order valence-electron chi connectivity index (χ1n) is 3.38. The average Bonchev–Trinajstić information content (AvgIpc) is 1.87. The standard InChI is InChI=1S/C7H10F3I/c1-2-3-4-6(5-11)7(8,9)10/h5H,2-4H2,1H3/b6-5+. The second-order valence-electron chi connectivity index (χ2n) is 2.24. The van der Waals surface area contributed by atoms with Gasteiger partial charge in [-0.3, -0.25) is 0 Å². The van der Waals surface area contributed by atoms with Crippen molar-refractivity contribution in [1.82, 2.24) is 0 Å². The van der Waals surface area contributed by atoms with E-state index in [1.807, 2.05) is 6.92 Å². The van der Waals surface area contributed by atoms with Crippen molar-refractivity contribution < 1.29 is 13.2 Å². The molecule has 0 N–H and O–H groups in total. The van der Waals surface area contributed by atoms with Crippen molar-refractivity contribution >= 4 is 22.6 Å². The van der Waals surface area contributed by atoms with Crippen molar-refractivity contribution in [3.8, 4) is 0 Å². The van der Waals surface area contributed by atoms with E-state index in [1.165, 1.54) is 0 Å². The quantitative estimate of drug-likeness (QED) is 0.683. The molecular formula is C7H10F3I. The molecule has 0 saturated heterocycles. The molecule has 11 heavy (non-hydrogen) atoms. The van der Waals surface area contributed by atoms with E-state index in [1.54, 1.807) is 22.6 Å². The van der Waals surface area contributed by atoms with Gasteiger partial charge in [0.2, 0.25) is 0 Å². The van der Waals surface area contributed by atoms with Crippen LogP contribution in [0.15, 0.2) is 9.66 Å². The van der Waals surface area contributed by atoms with Crippen molar-refractivity contribution in [2.75, 3.05) is 0 Å². The number of hydrogen-bond donors (Lipinski definition) is 0. The third-order valence-corrected chi connectivity index (χ3v) is 2.05. The molecule has 0 atom stereocenters. The zero-order chi connectivity index (χ0) is 8.91. The first-order chi connectivity index (χ1) is 5.02. The lowest BCUT2D eigenvalue weighted by molar-refractivity contribution is -0.0938. The summed E-state index contributed by atoms with van der Waals surface area (Å²) in [5.74, 6) is 0. The Balaban J connectivity index is 3.99. The summed E-state index contributed by atoms with van der Waals surface area (Å²) < 4.78 is 37.0. The fourth-order valence-corrected chi connectivity index (χ4v) is 1.29. The maximum absolute atomic E-state index is 12.0. The highest BCUT2D eigenvalue weighted by Gasteiger charge is 2.32. The maximum atomic E-state index is 12.0. The van der Waals surface area contributed by atoms with Crippen molar-refractivity contribution in [3.63, 3.8) is 0 Å². The second kappa shape index (κ2) is 5.00. The lowest BCUT2D eigenvalue weighted by Crippen LogP contribution is -2.11. The zero-order valence-corrected chi connectivity index (χ0v) is 8.37. The van der Waals surface area contributed by atoms with Crippen LogP contribution in [0.3, 0.4) is 0 Å². The van der Waals surface area contributed by atoms with Crippen molar-refractivity contribution in [1.29, 1.82) is 0 Å². The van der Waals surface area contributed by atoms with E-state index in [-0.39, 0.29) is 6.42 Å². The number of unbranched alkanes of at least 4 members (excludes halogenated alkanes) is 1. The third kappa shape index (κ3) is 4.66. The first kappa shape index (κ1) is 11.3. The summed E-state index contributed by atoms with van der Waals surface area (Å²) in [4.78, 5) is 0. The molecule has 0 saturated carbocycles. The third-order valence-electron chi connectivity index (χ3n) is 1.30. The molecule has 0 radical (unpaired) electrons. The van der Waals surface area contributed by atoms with Crippen LogP contribution in [0.2, 0.25) is 0 Å². The fourth-order valence-electron chi connectivity index (χ4n) is 0.625. The van der Waals surface area contributed by atoms with E-state index in [2.05, 4.69) is 0 Å². The van der Waals surface area contributed by atoms with E-state index in [4.69, 9.17) is 0 Å². The highest BCUT2D eigenvalue weighted by atomic mass is 127. The molecule has 0 nitrogen and oxygen atoms in total. The van der Waals surface area contributed by atoms with Gasteiger partial charge < -0.3 is 0 Å². The van der Waals surface area contributed by atoms with Crippen LogP contribution in [-0.4, -0.2) is 6.18 Å². The number of halogens is 4. The van der Waals surface area contributed by atoms with Crippen LogP contribution < -0.4 is 0 Å². The van der Waals surface area contributed by atoms with E-state index < -0.39 is 11.7 Å². The number of alkyl halides is 3. The molecule has 0 heterocycles. The predicted octanol–water partition coefficient (Wildman–Crippen LogP) is 4.06. The monoisotopic (exact) mass is 278 g/mol. The summed E-state index contributed by atoms with van der Waals surface area (Å²) >= 11 is 1.63. The number of rotatable bonds is 3. The average molecular weight is 278 g/mol. The summed E-state index contributed by atoms with van der Waals surface area (Å²) in [5.41, 5.74) is -0.417. The second-order valence-corrected chi connectivity index (χ2v) is 2.86. The van der Waals surface area contributed by atoms with Gasteiger partial charge in [0.1, 0.15) is 0 Å². The van der Waals surface area contributed by atoms with Crippen LogP contribution >= 0.6 is 22.6 Å². The topological polar surface area (TPSA) is 0 Å². The van der Waals surface area contributed by atoms with Crippen molar-refractivity contribution in [2.45, 2.75) is 32.4 Å². The van der Waals surface area contributed by atoms with Gasteiger partial charge in [0.15, 0.2) is 0 Å². The van der Waals surface area contributed by atoms with Gasteiger partial charge in [-0.15, -0.1) is 0 Å². The molecule has 0 aromatic heterocycles. The number of hydrogen-bond acceptors (Lipinski definition) is 0. The minimum atomic E-state index is -4.13. The molecular weight excluding hydrogens is 268 g/mol. The Labute approximate surface area is 78.0 Å². The van der Waals surface area contributed by atoms with Crippen molar-refractivity contribution in [3.05, 3.63) is 9.66 Å². The minimum Gasteiger partial charge on any atom is -0.166 e. The Morgan fingerprint density at radius 1 is 1.45 bits per heavy atom. The molecule has 0 aliphatic carbocycles. The Morgan fingerprint density at radius 3 is 2.27 bits per heavy atom. The first-order valence-corrected chi connectivity index (χ1v) is 4.63. The van der Waals surface area contributed by atoms with Crippen molar-refractivity contribution in [2.24, 2.45) is 0 Å². The molecule has 0 rings (SSSR count). The van der Waals surface area contributed by atoms with Gasteiger partial charge in [-0.05, 0) is 16.9 Å². The zero-order valence-electron chi connectivity index (χ0n) is 6.21. The normalized spacial score (nSPS) is 13.7. The molecule has 66 valence electrons. The van der Waals surface area contributed by atoms with E-state index >= 15 is 0 Å². The molecule has 0 bridgehead atoms. The van der Waals surface area contributed by atoms with Crippen LogP contribution in [0.1, 0.15) is 26.2 Å². The lowest BCUT2D eigenvalue weighted by atomic mass is 10.1. The van der Waals surface area contributed by atoms with Gasteiger partial charge in [0.05, 0.1) is 0 Å². The Kier molecular flexibility index (Phi) is 5.12. The van der Waals surface area contributed by atoms with Gasteiger partial charge in [0, 0.05) is 5.57 Å². The Bertz CT molecular complexity index is 137. The highest BCUT2D eigenvalue weighted by Crippen LogP contribution is 2.30. The van der Waals surface area contributed by atoms with E-state index in [0.717, 1.165) is 10.5 Å². The van der Waals surface area contributed by atoms with Gasteiger partial charge >= 0.3 is 6.18 Å². The van der Waals surface area contributed by atoms with Gasteiger partial charge in [0.25, 0.3) is 0 Å². The minimum absolute atomic E-state index is 0.142. The van der Waals surface area contributed by atoms with E-state index in [9.17, 15) is 13.2 Å². The van der Waals surface area contributed by atoms with Crippen LogP contribution in [0.5, 0.6) is 0 Å². The Hall–Kier alpha value is 0.260. The summed E-state index contributed by atoms with van der Waals surface area (Å²) in [6, 6.07) is 0. The SMILES string of the molecule is CCCC/C(=C\I)C(F)(F)F. The van der Waals surface area contributed by atoms with Crippen LogP contribution in [-0.2, 0) is 0 Å². The lowest BCUT2D eigenvalue weighted by Gasteiger charge is -2.09. The molecule has 0 aliphatic heterocycles. The summed E-state index contributed by atoms with van der Waals surface area (Å²) in [6.07, 6.45) is -2.59. The van der Waals surface area contributed by atoms with Crippen LogP contribution in [0.25, 0.3) is 0 Å². The van der Waals surface area contributed by atoms with Gasteiger partial charge in [-0.2, -0.15) is 13.2 Å². The molecule has 0 aromatic rings. The molecule has 4 heteroatoms. The molecule has 0 aliphatic rings. The molecule has 0 amide bonds. The van der Waals surface area contributed by atoms with Gasteiger partial charge in [-0.25, -0.2) is 0 Å². The van der Waals surface area contributed by atoms with Gasteiger partial charge in [-0.1, -0.05) is 35.9 Å². The fraction of sp³-hybridized carbons (Fsp3) is 0.714. The van der Waals surface area contributed by atoms with Crippen LogP contribution in [0.4, 0.5) is 13.2 Å². The van der Waals surface area contributed by atoms with E-state index in [0.29, 0.717) is 6.42 Å². The largest absolute Gasteiger partial charge is 0.413 e. The van der Waals surface area contributed by atoms with Crippen LogP contribution in [0, 0.1) is 0 Å². The summed E-state index contributed by atoms with van der Waals surface area (Å²) in [7, 11) is 0. The highest BCUT2D eigenvalue weighted by molar-refractivity contribution is 14.1. The Morgan fingerprint density at radius 2 is 2.00 bits per heavy atom. The predicted molar refractivity (Wildman–Crippen MR) is 47.7 cm³/mol. The number of allylic oxidation sites excluding steroid dienone is 1. The maximum Gasteiger partial charge on any atom is 0.413 e. The summed E-state index contributed by atoms with van der Waals surface area (Å²) in [5, 5.41) is 0. The molecule has 0 aromatic carbocycles. The smallest absolute Gasteiger partial charge is 0.166 e. The molecule has 0 unspecified atom stereocenters. The molecule has 0 spiro atoms. The molecule has 0 fully saturated rings. The summed E-state index contributed by atoms with van der Waals surface area (Å²) in [6.45, 7) is 1.88.